The summed E-state index contributed by atoms with van der Waals surface area (Å²) in [6.45, 7) is 4.41. The maximum Gasteiger partial charge on any atom is 0.176 e. The van der Waals surface area contributed by atoms with E-state index in [4.69, 9.17) is 4.74 Å². The molecule has 36 heavy (non-hydrogen) atoms. The average molecular weight is 511 g/mol. The van der Waals surface area contributed by atoms with Crippen molar-refractivity contribution in [3.05, 3.63) is 72.1 Å². The van der Waals surface area contributed by atoms with Crippen LogP contribution in [0.4, 0.5) is 25.8 Å². The van der Waals surface area contributed by atoms with Gasteiger partial charge in [-0.25, -0.2) is 22.2 Å². The zero-order valence-corrected chi connectivity index (χ0v) is 20.6. The first kappa shape index (κ1) is 24.1. The summed E-state index contributed by atoms with van der Waals surface area (Å²) >= 11 is 0. The third kappa shape index (κ3) is 4.61. The maximum absolute atomic E-state index is 15.1. The number of nitrogens with zero attached hydrogens (tertiary/aromatic N) is 3. The van der Waals surface area contributed by atoms with E-state index < -0.39 is 21.5 Å². The quantitative estimate of drug-likeness (QED) is 0.384. The first-order valence-electron chi connectivity index (χ1n) is 11.4. The number of ether oxygens (including phenoxy) is 1. The number of aromatic nitrogens is 2. The molecule has 1 N–H and O–H groups in total. The Morgan fingerprint density at radius 1 is 1.06 bits per heavy atom. The van der Waals surface area contributed by atoms with Gasteiger partial charge in [0, 0.05) is 24.9 Å². The molecule has 0 saturated carbocycles. The topological polar surface area (TPSA) is 84.4 Å². The highest BCUT2D eigenvalue weighted by molar-refractivity contribution is 7.90. The van der Waals surface area contributed by atoms with Crippen molar-refractivity contribution in [2.75, 3.05) is 42.8 Å². The lowest BCUT2D eigenvalue weighted by Gasteiger charge is -2.28. The highest BCUT2D eigenvalue weighted by Crippen LogP contribution is 2.39. The predicted octanol–water partition coefficient (Wildman–Crippen LogP) is 4.87. The molecule has 2 aromatic carbocycles. The molecule has 3 heterocycles. The number of rotatable bonds is 5. The van der Waals surface area contributed by atoms with E-state index in [0.29, 0.717) is 35.7 Å². The van der Waals surface area contributed by atoms with Crippen LogP contribution >= 0.6 is 0 Å². The van der Waals surface area contributed by atoms with Gasteiger partial charge in [-0.3, -0.25) is 4.98 Å². The van der Waals surface area contributed by atoms with Crippen LogP contribution in [0.25, 0.3) is 22.2 Å². The number of anilines is 3. The fraction of sp³-hybridized carbons (Fsp3) is 0.231. The fourth-order valence-electron chi connectivity index (χ4n) is 4.43. The van der Waals surface area contributed by atoms with Gasteiger partial charge in [-0.05, 0) is 48.9 Å². The molecule has 7 nitrogen and oxygen atoms in total. The first-order valence-corrected chi connectivity index (χ1v) is 13.2. The molecule has 1 aliphatic rings. The minimum Gasteiger partial charge on any atom is -0.378 e. The summed E-state index contributed by atoms with van der Waals surface area (Å²) in [7, 11) is -3.69. The Hall–Kier alpha value is -3.63. The molecule has 0 radical (unpaired) electrons. The molecule has 10 heteroatoms. The predicted molar refractivity (Wildman–Crippen MR) is 135 cm³/mol. The Balaban J connectivity index is 1.69. The summed E-state index contributed by atoms with van der Waals surface area (Å²) < 4.78 is 59.8. The van der Waals surface area contributed by atoms with Crippen LogP contribution in [0.1, 0.15) is 5.56 Å². The van der Waals surface area contributed by atoms with Crippen LogP contribution in [-0.4, -0.2) is 50.9 Å². The lowest BCUT2D eigenvalue weighted by molar-refractivity contribution is 0.122. The van der Waals surface area contributed by atoms with Crippen molar-refractivity contribution in [2.24, 2.45) is 0 Å². The summed E-state index contributed by atoms with van der Waals surface area (Å²) in [6, 6.07) is 9.86. The second kappa shape index (κ2) is 9.44. The van der Waals surface area contributed by atoms with Crippen molar-refractivity contribution in [3.8, 4) is 11.3 Å². The van der Waals surface area contributed by atoms with E-state index in [-0.39, 0.29) is 21.5 Å². The van der Waals surface area contributed by atoms with E-state index in [0.717, 1.165) is 37.2 Å². The van der Waals surface area contributed by atoms with Crippen LogP contribution in [0.2, 0.25) is 0 Å². The molecule has 1 fully saturated rings. The van der Waals surface area contributed by atoms with E-state index in [9.17, 15) is 12.8 Å². The molecule has 2 aromatic heterocycles. The number of fused-ring (bicyclic) bond motifs is 1. The number of hydrogen-bond donors (Lipinski definition) is 1. The lowest BCUT2D eigenvalue weighted by Crippen LogP contribution is -2.36. The van der Waals surface area contributed by atoms with E-state index >= 15 is 4.39 Å². The van der Waals surface area contributed by atoms with Crippen LogP contribution < -0.4 is 10.2 Å². The van der Waals surface area contributed by atoms with Gasteiger partial charge >= 0.3 is 0 Å². The Labute approximate surface area is 207 Å². The van der Waals surface area contributed by atoms with Gasteiger partial charge in [0.1, 0.15) is 11.6 Å². The third-order valence-electron chi connectivity index (χ3n) is 6.17. The molecule has 4 aromatic rings. The smallest absolute Gasteiger partial charge is 0.176 e. The number of sulfone groups is 1. The van der Waals surface area contributed by atoms with Crippen LogP contribution in [0.15, 0.2) is 59.8 Å². The molecule has 0 bridgehead atoms. The zero-order chi connectivity index (χ0) is 25.4. The summed E-state index contributed by atoms with van der Waals surface area (Å²) in [5, 5.41) is 3.52. The van der Waals surface area contributed by atoms with Crippen molar-refractivity contribution in [1.29, 1.82) is 0 Å². The van der Waals surface area contributed by atoms with Crippen molar-refractivity contribution < 1.29 is 21.9 Å². The molecule has 0 aliphatic carbocycles. The van der Waals surface area contributed by atoms with Gasteiger partial charge in [-0.2, -0.15) is 0 Å². The Bertz CT molecular complexity index is 1570. The van der Waals surface area contributed by atoms with Gasteiger partial charge < -0.3 is 15.0 Å². The molecular formula is C26H24F2N4O3S. The number of pyridine rings is 2. The van der Waals surface area contributed by atoms with Crippen molar-refractivity contribution >= 4 is 37.8 Å². The molecule has 1 saturated heterocycles. The lowest BCUT2D eigenvalue weighted by atomic mass is 10.0. The molecular weight excluding hydrogens is 486 g/mol. The maximum atomic E-state index is 15.1. The SMILES string of the molecule is Cc1c(-c2cc(F)ccc2S(C)(=O)=O)nc2cccc(F)c2c1Nc1cncc(N2CCOCC2)c1. The van der Waals surface area contributed by atoms with Gasteiger partial charge in [-0.1, -0.05) is 6.07 Å². The Morgan fingerprint density at radius 2 is 1.83 bits per heavy atom. The van der Waals surface area contributed by atoms with Crippen LogP contribution in [0, 0.1) is 18.6 Å². The molecule has 0 amide bonds. The summed E-state index contributed by atoms with van der Waals surface area (Å²) in [5.74, 6) is -1.09. The Kier molecular flexibility index (Phi) is 6.31. The van der Waals surface area contributed by atoms with Crippen LogP contribution in [-0.2, 0) is 14.6 Å². The number of nitrogens with one attached hydrogen (secondary N) is 1. The van der Waals surface area contributed by atoms with E-state index in [1.165, 1.54) is 18.2 Å². The fourth-order valence-corrected chi connectivity index (χ4v) is 5.30. The highest BCUT2D eigenvalue weighted by atomic mass is 32.2. The third-order valence-corrected chi connectivity index (χ3v) is 7.32. The average Bonchev–Trinajstić information content (AvgIpc) is 2.85. The number of morpholine rings is 1. The van der Waals surface area contributed by atoms with Gasteiger partial charge in [0.15, 0.2) is 9.84 Å². The second-order valence-electron chi connectivity index (χ2n) is 8.66. The normalized spacial score (nSPS) is 14.3. The highest BCUT2D eigenvalue weighted by Gasteiger charge is 2.22. The summed E-state index contributed by atoms with van der Waals surface area (Å²) in [5.41, 5.74) is 3.05. The van der Waals surface area contributed by atoms with E-state index in [1.54, 1.807) is 25.4 Å². The van der Waals surface area contributed by atoms with Gasteiger partial charge in [0.25, 0.3) is 0 Å². The molecule has 1 aliphatic heterocycles. The molecule has 186 valence electrons. The summed E-state index contributed by atoms with van der Waals surface area (Å²) in [6.07, 6.45) is 4.44. The molecule has 0 spiro atoms. The van der Waals surface area contributed by atoms with Crippen molar-refractivity contribution in [3.63, 3.8) is 0 Å². The van der Waals surface area contributed by atoms with E-state index in [1.807, 2.05) is 6.07 Å². The largest absolute Gasteiger partial charge is 0.378 e. The van der Waals surface area contributed by atoms with Crippen LogP contribution in [0.3, 0.4) is 0 Å². The van der Waals surface area contributed by atoms with Gasteiger partial charge in [0.2, 0.25) is 0 Å². The van der Waals surface area contributed by atoms with Crippen LogP contribution in [0.5, 0.6) is 0 Å². The minimum atomic E-state index is -3.69. The summed E-state index contributed by atoms with van der Waals surface area (Å²) in [4.78, 5) is 11.0. The molecule has 0 atom stereocenters. The second-order valence-corrected chi connectivity index (χ2v) is 10.6. The number of hydrogen-bond acceptors (Lipinski definition) is 7. The van der Waals surface area contributed by atoms with Crippen molar-refractivity contribution in [1.82, 2.24) is 9.97 Å². The standard InChI is InChI=1S/C26H24F2N4O3S/c1-16-25(20-12-17(27)6-7-23(20)36(2,33)34)31-22-5-3-4-21(28)24(22)26(16)30-18-13-19(15-29-14-18)32-8-10-35-11-9-32/h3-7,12-15H,8-11H2,1-2H3,(H,30,31). The van der Waals surface area contributed by atoms with Gasteiger partial charge in [-0.15, -0.1) is 0 Å². The van der Waals surface area contributed by atoms with Crippen molar-refractivity contribution in [2.45, 2.75) is 11.8 Å². The minimum absolute atomic E-state index is 0.0582. The molecule has 5 rings (SSSR count). The Morgan fingerprint density at radius 3 is 2.58 bits per heavy atom. The first-order chi connectivity index (χ1) is 17.2. The van der Waals surface area contributed by atoms with Gasteiger partial charge in [0.05, 0.1) is 64.2 Å². The number of benzene rings is 2. The molecule has 0 unspecified atom stereocenters. The monoisotopic (exact) mass is 510 g/mol. The van der Waals surface area contributed by atoms with E-state index in [2.05, 4.69) is 20.2 Å². The number of halogens is 2. The zero-order valence-electron chi connectivity index (χ0n) is 19.8.